The van der Waals surface area contributed by atoms with E-state index < -0.39 is 0 Å². The van der Waals surface area contributed by atoms with E-state index in [2.05, 4.69) is 20.9 Å². The molecule has 1 aromatic rings. The number of rotatable bonds is 2. The van der Waals surface area contributed by atoms with E-state index in [1.807, 2.05) is 0 Å². The minimum absolute atomic E-state index is 0.00914. The molecule has 0 aromatic carbocycles. The van der Waals surface area contributed by atoms with Crippen LogP contribution in [0.15, 0.2) is 16.7 Å². The summed E-state index contributed by atoms with van der Waals surface area (Å²) >= 11 is 9.30. The predicted octanol–water partition coefficient (Wildman–Crippen LogP) is 2.87. The number of aliphatic hydroxyl groups is 1. The molecule has 19 heavy (non-hydrogen) atoms. The number of pyridine rings is 1. The van der Waals surface area contributed by atoms with Crippen molar-refractivity contribution in [1.82, 2.24) is 9.88 Å². The minimum Gasteiger partial charge on any atom is -0.394 e. The number of aromatic nitrogens is 1. The lowest BCUT2D eigenvalue weighted by atomic mass is 10.1. The van der Waals surface area contributed by atoms with E-state index in [4.69, 9.17) is 11.6 Å². The fraction of sp³-hybridized carbons (Fsp3) is 0.538. The van der Waals surface area contributed by atoms with Gasteiger partial charge in [0.1, 0.15) is 5.15 Å². The summed E-state index contributed by atoms with van der Waals surface area (Å²) in [5.41, 5.74) is 0.386. The van der Waals surface area contributed by atoms with E-state index in [9.17, 15) is 9.90 Å². The molecule has 104 valence electrons. The van der Waals surface area contributed by atoms with E-state index in [0.717, 1.165) is 30.2 Å². The summed E-state index contributed by atoms with van der Waals surface area (Å²) in [6, 6.07) is 1.56. The molecule has 0 aliphatic carbocycles. The van der Waals surface area contributed by atoms with Crippen molar-refractivity contribution in [3.63, 3.8) is 0 Å². The van der Waals surface area contributed by atoms with Crippen LogP contribution in [0.5, 0.6) is 0 Å². The van der Waals surface area contributed by atoms with Crippen molar-refractivity contribution >= 4 is 33.4 Å². The number of halogens is 2. The summed E-state index contributed by atoms with van der Waals surface area (Å²) in [4.78, 5) is 18.3. The van der Waals surface area contributed by atoms with E-state index in [1.165, 1.54) is 0 Å². The Morgan fingerprint density at radius 1 is 1.53 bits per heavy atom. The SMILES string of the molecule is O=C(c1cc(Br)cnc1Cl)N1CCCCCC1CO. The van der Waals surface area contributed by atoms with Gasteiger partial charge in [-0.2, -0.15) is 0 Å². The molecule has 1 aromatic heterocycles. The van der Waals surface area contributed by atoms with Crippen LogP contribution in [0.25, 0.3) is 0 Å². The van der Waals surface area contributed by atoms with Crippen molar-refractivity contribution < 1.29 is 9.90 Å². The monoisotopic (exact) mass is 346 g/mol. The van der Waals surface area contributed by atoms with Gasteiger partial charge < -0.3 is 10.0 Å². The zero-order chi connectivity index (χ0) is 13.8. The zero-order valence-electron chi connectivity index (χ0n) is 10.5. The third kappa shape index (κ3) is 3.46. The lowest BCUT2D eigenvalue weighted by Crippen LogP contribution is -2.42. The molecular weight excluding hydrogens is 332 g/mol. The highest BCUT2D eigenvalue weighted by Crippen LogP contribution is 2.23. The zero-order valence-corrected chi connectivity index (χ0v) is 12.8. The number of hydrogen-bond donors (Lipinski definition) is 1. The Hall–Kier alpha value is -0.650. The third-order valence-corrected chi connectivity index (χ3v) is 4.12. The topological polar surface area (TPSA) is 53.4 Å². The number of hydrogen-bond acceptors (Lipinski definition) is 3. The number of carbonyl (C=O) groups is 1. The Balaban J connectivity index is 2.27. The van der Waals surface area contributed by atoms with Gasteiger partial charge in [-0.3, -0.25) is 4.79 Å². The number of amides is 1. The maximum atomic E-state index is 12.6. The van der Waals surface area contributed by atoms with Gasteiger partial charge in [-0.15, -0.1) is 0 Å². The lowest BCUT2D eigenvalue weighted by Gasteiger charge is -2.28. The largest absolute Gasteiger partial charge is 0.394 e. The van der Waals surface area contributed by atoms with Gasteiger partial charge in [-0.25, -0.2) is 4.98 Å². The number of likely N-dealkylation sites (tertiary alicyclic amines) is 1. The van der Waals surface area contributed by atoms with Gasteiger partial charge in [0.25, 0.3) is 5.91 Å². The summed E-state index contributed by atoms with van der Waals surface area (Å²) in [5, 5.41) is 9.66. The molecule has 1 aliphatic heterocycles. The molecule has 0 radical (unpaired) electrons. The Labute approximate surface area is 125 Å². The van der Waals surface area contributed by atoms with Crippen LogP contribution in [0, 0.1) is 0 Å². The Morgan fingerprint density at radius 2 is 2.32 bits per heavy atom. The van der Waals surface area contributed by atoms with E-state index in [0.29, 0.717) is 12.1 Å². The van der Waals surface area contributed by atoms with Gasteiger partial charge in [0.05, 0.1) is 18.2 Å². The molecule has 1 fully saturated rings. The van der Waals surface area contributed by atoms with E-state index in [1.54, 1.807) is 17.2 Å². The van der Waals surface area contributed by atoms with Gasteiger partial charge in [-0.1, -0.05) is 24.4 Å². The number of nitrogens with zero attached hydrogens (tertiary/aromatic N) is 2. The average molecular weight is 348 g/mol. The molecule has 1 amide bonds. The second-order valence-corrected chi connectivity index (χ2v) is 5.95. The summed E-state index contributed by atoms with van der Waals surface area (Å²) in [7, 11) is 0. The van der Waals surface area contributed by atoms with Crippen molar-refractivity contribution in [3.8, 4) is 0 Å². The molecule has 1 saturated heterocycles. The molecule has 2 heterocycles. The molecule has 0 bridgehead atoms. The second kappa shape index (κ2) is 6.68. The molecule has 2 rings (SSSR count). The highest BCUT2D eigenvalue weighted by molar-refractivity contribution is 9.10. The average Bonchev–Trinajstić information content (AvgIpc) is 2.65. The molecule has 1 atom stereocenters. The first-order valence-corrected chi connectivity index (χ1v) is 7.53. The van der Waals surface area contributed by atoms with Crippen LogP contribution < -0.4 is 0 Å². The fourth-order valence-electron chi connectivity index (χ4n) is 2.36. The summed E-state index contributed by atoms with van der Waals surface area (Å²) in [5.74, 6) is -0.153. The van der Waals surface area contributed by atoms with Gasteiger partial charge in [-0.05, 0) is 34.8 Å². The van der Waals surface area contributed by atoms with Crippen LogP contribution in [0.3, 0.4) is 0 Å². The third-order valence-electron chi connectivity index (χ3n) is 3.38. The quantitative estimate of drug-likeness (QED) is 0.837. The first-order valence-electron chi connectivity index (χ1n) is 6.36. The maximum Gasteiger partial charge on any atom is 0.257 e. The van der Waals surface area contributed by atoms with Crippen molar-refractivity contribution in [2.75, 3.05) is 13.2 Å². The lowest BCUT2D eigenvalue weighted by molar-refractivity contribution is 0.0599. The molecule has 1 N–H and O–H groups in total. The van der Waals surface area contributed by atoms with Crippen molar-refractivity contribution in [2.45, 2.75) is 31.7 Å². The van der Waals surface area contributed by atoms with E-state index >= 15 is 0 Å². The first kappa shape index (κ1) is 14.8. The van der Waals surface area contributed by atoms with Crippen molar-refractivity contribution in [3.05, 3.63) is 27.5 Å². The summed E-state index contributed by atoms with van der Waals surface area (Å²) in [6.45, 7) is 0.650. The van der Waals surface area contributed by atoms with Crippen LogP contribution in [0.4, 0.5) is 0 Å². The van der Waals surface area contributed by atoms with Crippen molar-refractivity contribution in [2.24, 2.45) is 0 Å². The fourth-order valence-corrected chi connectivity index (χ4v) is 2.88. The van der Waals surface area contributed by atoms with Crippen LogP contribution in [0.1, 0.15) is 36.0 Å². The highest BCUT2D eigenvalue weighted by Gasteiger charge is 2.27. The van der Waals surface area contributed by atoms with Gasteiger partial charge in [0.15, 0.2) is 0 Å². The van der Waals surface area contributed by atoms with Crippen LogP contribution in [0.2, 0.25) is 5.15 Å². The molecule has 0 saturated carbocycles. The normalized spacial score (nSPS) is 20.2. The second-order valence-electron chi connectivity index (χ2n) is 4.68. The Bertz CT molecular complexity index is 470. The molecular formula is C13H16BrClN2O2. The smallest absolute Gasteiger partial charge is 0.257 e. The van der Waals surface area contributed by atoms with Crippen LogP contribution in [-0.2, 0) is 0 Å². The predicted molar refractivity (Wildman–Crippen MR) is 77.3 cm³/mol. The van der Waals surface area contributed by atoms with Crippen molar-refractivity contribution in [1.29, 1.82) is 0 Å². The standard InChI is InChI=1S/C13H16BrClN2O2/c14-9-6-11(12(15)16-7-9)13(19)17-5-3-1-2-4-10(17)8-18/h6-7,10,18H,1-5,8H2. The van der Waals surface area contributed by atoms with Crippen LogP contribution >= 0.6 is 27.5 Å². The Morgan fingerprint density at radius 3 is 3.05 bits per heavy atom. The molecule has 0 spiro atoms. The van der Waals surface area contributed by atoms with Crippen LogP contribution in [-0.4, -0.2) is 40.1 Å². The minimum atomic E-state index is -0.153. The molecule has 1 unspecified atom stereocenters. The summed E-state index contributed by atoms with van der Waals surface area (Å²) in [6.07, 6.45) is 5.48. The van der Waals surface area contributed by atoms with Gasteiger partial charge >= 0.3 is 0 Å². The first-order chi connectivity index (χ1) is 9.13. The summed E-state index contributed by atoms with van der Waals surface area (Å²) < 4.78 is 0.718. The van der Waals surface area contributed by atoms with Gasteiger partial charge in [0, 0.05) is 17.2 Å². The molecule has 6 heteroatoms. The molecule has 1 aliphatic rings. The van der Waals surface area contributed by atoms with Gasteiger partial charge in [0.2, 0.25) is 0 Å². The van der Waals surface area contributed by atoms with E-state index in [-0.39, 0.29) is 23.7 Å². The molecule has 4 nitrogen and oxygen atoms in total. The maximum absolute atomic E-state index is 12.6. The Kier molecular flexibility index (Phi) is 5.19. The number of carbonyl (C=O) groups excluding carboxylic acids is 1. The highest BCUT2D eigenvalue weighted by atomic mass is 79.9. The number of aliphatic hydroxyl groups excluding tert-OH is 1.